The maximum Gasteiger partial charge on any atom is 0.309 e. The van der Waals surface area contributed by atoms with E-state index in [1.165, 1.54) is 5.57 Å². The number of Topliss-reactive ketones (excluding diaryl/α,β-unsaturated/α-hetero) is 1. The van der Waals surface area contributed by atoms with Crippen LogP contribution in [0.3, 0.4) is 0 Å². The molecular weight excluding hydrogens is 462 g/mol. The van der Waals surface area contributed by atoms with Crippen molar-refractivity contribution in [2.24, 2.45) is 17.3 Å². The van der Waals surface area contributed by atoms with Gasteiger partial charge < -0.3 is 14.9 Å². The van der Waals surface area contributed by atoms with Gasteiger partial charge in [0.05, 0.1) is 34.7 Å². The molecule has 0 saturated carbocycles. The zero-order valence-electron chi connectivity index (χ0n) is 22.6. The molecule has 196 valence electrons. The topological polar surface area (TPSA) is 96.7 Å². The number of ketones is 1. The first-order valence-electron chi connectivity index (χ1n) is 12.6. The molecule has 1 aromatic heterocycles. The van der Waals surface area contributed by atoms with Crippen LogP contribution in [0.5, 0.6) is 0 Å². The lowest BCUT2D eigenvalue weighted by Gasteiger charge is -2.35. The Bertz CT molecular complexity index is 962. The Hall–Kier alpha value is -1.83. The lowest BCUT2D eigenvalue weighted by atomic mass is 9.73. The minimum absolute atomic E-state index is 0.0513. The number of esters is 1. The maximum absolute atomic E-state index is 13.2. The normalized spacial score (nSPS) is 32.2. The number of aliphatic hydroxyl groups is 2. The van der Waals surface area contributed by atoms with Crippen LogP contribution in [0.25, 0.3) is 6.08 Å². The van der Waals surface area contributed by atoms with Crippen LogP contribution >= 0.6 is 11.3 Å². The number of cyclic esters (lactones) is 1. The Morgan fingerprint density at radius 3 is 2.46 bits per heavy atom. The van der Waals surface area contributed by atoms with Crippen LogP contribution in [-0.4, -0.2) is 44.8 Å². The van der Waals surface area contributed by atoms with E-state index in [0.29, 0.717) is 6.42 Å². The van der Waals surface area contributed by atoms with Crippen molar-refractivity contribution < 1.29 is 24.5 Å². The second-order valence-electron chi connectivity index (χ2n) is 11.0. The monoisotopic (exact) mass is 505 g/mol. The van der Waals surface area contributed by atoms with Gasteiger partial charge >= 0.3 is 5.97 Å². The molecule has 1 aromatic rings. The molecule has 0 fully saturated rings. The molecule has 1 aliphatic rings. The number of ether oxygens (including phenoxy) is 1. The number of allylic oxidation sites excluding steroid dienone is 1. The standard InChI is InChI=1S/C28H43NO5S/c1-17-10-9-11-18(2)25(32)20(4)26(33)27(6,7)23(30)15-24(31)34-28(8,13-12-17)19(3)14-22-16-35-21(5)29-22/h12,14,16,18,20,23,25,30,32H,9-11,13,15H2,1-8H3/t18-,20+,23+,25-,28?/m1/s1. The molecule has 1 unspecified atom stereocenters. The highest BCUT2D eigenvalue weighted by atomic mass is 32.1. The van der Waals surface area contributed by atoms with Gasteiger partial charge in [0.1, 0.15) is 11.4 Å². The Balaban J connectivity index is 2.41. The SMILES string of the molecule is CC1=CCC(C)(C(C)=Cc2csc(C)n2)OC(=O)C[C@H](O)C(C)(C)C(=O)[C@@H](C)[C@H](O)[C@H](C)CCC1. The van der Waals surface area contributed by atoms with E-state index in [4.69, 9.17) is 4.74 Å². The Kier molecular flexibility index (Phi) is 10.0. The van der Waals surface area contributed by atoms with E-state index in [2.05, 4.69) is 18.0 Å². The minimum Gasteiger partial charge on any atom is -0.454 e. The first-order chi connectivity index (χ1) is 16.2. The Morgan fingerprint density at radius 2 is 1.86 bits per heavy atom. The molecule has 0 bridgehead atoms. The van der Waals surface area contributed by atoms with Gasteiger partial charge in [-0.15, -0.1) is 11.3 Å². The van der Waals surface area contributed by atoms with Gasteiger partial charge in [-0.05, 0) is 64.5 Å². The minimum atomic E-state index is -1.23. The zero-order chi connectivity index (χ0) is 26.6. The molecule has 1 aliphatic heterocycles. The van der Waals surface area contributed by atoms with E-state index < -0.39 is 35.1 Å². The molecule has 2 rings (SSSR count). The number of carbonyl (C=O) groups is 2. The van der Waals surface area contributed by atoms with Crippen LogP contribution < -0.4 is 0 Å². The number of rotatable bonds is 2. The highest BCUT2D eigenvalue weighted by molar-refractivity contribution is 7.09. The van der Waals surface area contributed by atoms with Crippen LogP contribution in [-0.2, 0) is 14.3 Å². The van der Waals surface area contributed by atoms with Crippen molar-refractivity contribution in [2.45, 2.75) is 105 Å². The van der Waals surface area contributed by atoms with E-state index in [0.717, 1.165) is 35.5 Å². The van der Waals surface area contributed by atoms with E-state index in [1.54, 1.807) is 32.1 Å². The average molecular weight is 506 g/mol. The summed E-state index contributed by atoms with van der Waals surface area (Å²) >= 11 is 1.56. The Morgan fingerprint density at radius 1 is 1.20 bits per heavy atom. The summed E-state index contributed by atoms with van der Waals surface area (Å²) in [4.78, 5) is 30.8. The number of aryl methyl sites for hydroxylation is 1. The second-order valence-corrected chi connectivity index (χ2v) is 12.1. The van der Waals surface area contributed by atoms with Crippen LogP contribution in [0, 0.1) is 24.2 Å². The van der Waals surface area contributed by atoms with Crippen molar-refractivity contribution in [1.82, 2.24) is 4.98 Å². The lowest BCUT2D eigenvalue weighted by Crippen LogP contribution is -2.46. The van der Waals surface area contributed by atoms with E-state index in [9.17, 15) is 19.8 Å². The van der Waals surface area contributed by atoms with E-state index >= 15 is 0 Å². The molecular formula is C28H43NO5S. The number of hydrogen-bond acceptors (Lipinski definition) is 7. The van der Waals surface area contributed by atoms with Gasteiger partial charge in [0, 0.05) is 17.7 Å². The highest BCUT2D eigenvalue weighted by Gasteiger charge is 2.43. The third-order valence-electron chi connectivity index (χ3n) is 7.58. The Labute approximate surface area is 214 Å². The molecule has 2 heterocycles. The molecule has 0 saturated heterocycles. The molecule has 0 spiro atoms. The summed E-state index contributed by atoms with van der Waals surface area (Å²) in [6, 6.07) is 0. The van der Waals surface area contributed by atoms with Crippen molar-refractivity contribution in [2.75, 3.05) is 0 Å². The third-order valence-corrected chi connectivity index (χ3v) is 8.37. The largest absolute Gasteiger partial charge is 0.454 e. The fourth-order valence-electron chi connectivity index (χ4n) is 4.55. The number of aromatic nitrogens is 1. The van der Waals surface area contributed by atoms with Crippen molar-refractivity contribution in [3.8, 4) is 0 Å². The first-order valence-corrected chi connectivity index (χ1v) is 13.4. The maximum atomic E-state index is 13.2. The van der Waals surface area contributed by atoms with Gasteiger partial charge in [-0.3, -0.25) is 9.59 Å². The van der Waals surface area contributed by atoms with Crippen LogP contribution in [0.1, 0.15) is 91.3 Å². The third kappa shape index (κ3) is 7.58. The molecule has 5 atom stereocenters. The van der Waals surface area contributed by atoms with Gasteiger partial charge in [0.2, 0.25) is 0 Å². The summed E-state index contributed by atoms with van der Waals surface area (Å²) in [5.74, 6) is -1.52. The summed E-state index contributed by atoms with van der Waals surface area (Å²) < 4.78 is 6.00. The van der Waals surface area contributed by atoms with Gasteiger partial charge in [-0.2, -0.15) is 0 Å². The van der Waals surface area contributed by atoms with Crippen molar-refractivity contribution in [1.29, 1.82) is 0 Å². The van der Waals surface area contributed by atoms with E-state index in [1.807, 2.05) is 39.2 Å². The molecule has 0 aromatic carbocycles. The van der Waals surface area contributed by atoms with Gasteiger partial charge in [-0.25, -0.2) is 4.98 Å². The molecule has 0 aliphatic carbocycles. The molecule has 0 amide bonds. The number of nitrogens with zero attached hydrogens (tertiary/aromatic N) is 1. The summed E-state index contributed by atoms with van der Waals surface area (Å²) in [6.45, 7) is 14.7. The number of aliphatic hydroxyl groups excluding tert-OH is 2. The average Bonchev–Trinajstić information content (AvgIpc) is 3.19. The second kappa shape index (κ2) is 11.9. The number of carbonyl (C=O) groups excluding carboxylic acids is 2. The van der Waals surface area contributed by atoms with Crippen molar-refractivity contribution in [3.05, 3.63) is 33.3 Å². The van der Waals surface area contributed by atoms with Crippen molar-refractivity contribution >= 4 is 29.2 Å². The molecule has 7 heteroatoms. The predicted molar refractivity (Wildman–Crippen MR) is 141 cm³/mol. The fraction of sp³-hybridized carbons (Fsp3) is 0.679. The lowest BCUT2D eigenvalue weighted by molar-refractivity contribution is -0.160. The summed E-state index contributed by atoms with van der Waals surface area (Å²) in [5.41, 5.74) is 0.743. The quantitative estimate of drug-likeness (QED) is 0.398. The molecule has 6 nitrogen and oxygen atoms in total. The highest BCUT2D eigenvalue weighted by Crippen LogP contribution is 2.34. The summed E-state index contributed by atoms with van der Waals surface area (Å²) in [6.07, 6.45) is 4.74. The van der Waals surface area contributed by atoms with Crippen LogP contribution in [0.2, 0.25) is 0 Å². The number of thiazole rings is 1. The smallest absolute Gasteiger partial charge is 0.309 e. The van der Waals surface area contributed by atoms with Crippen LogP contribution in [0.4, 0.5) is 0 Å². The van der Waals surface area contributed by atoms with E-state index in [-0.39, 0.29) is 18.1 Å². The van der Waals surface area contributed by atoms with Gasteiger partial charge in [-0.1, -0.05) is 39.3 Å². The number of hydrogen-bond donors (Lipinski definition) is 2. The van der Waals surface area contributed by atoms with Gasteiger partial charge in [0.25, 0.3) is 0 Å². The predicted octanol–water partition coefficient (Wildman–Crippen LogP) is 5.66. The molecule has 2 N–H and O–H groups in total. The zero-order valence-corrected chi connectivity index (χ0v) is 23.4. The molecule has 0 radical (unpaired) electrons. The summed E-state index contributed by atoms with van der Waals surface area (Å²) in [5, 5.41) is 24.6. The van der Waals surface area contributed by atoms with Crippen LogP contribution in [0.15, 0.2) is 22.6 Å². The fourth-order valence-corrected chi connectivity index (χ4v) is 5.12. The van der Waals surface area contributed by atoms with Crippen molar-refractivity contribution in [3.63, 3.8) is 0 Å². The first kappa shape index (κ1) is 29.4. The summed E-state index contributed by atoms with van der Waals surface area (Å²) in [7, 11) is 0. The van der Waals surface area contributed by atoms with Gasteiger partial charge in [0.15, 0.2) is 0 Å². The molecule has 35 heavy (non-hydrogen) atoms.